The van der Waals surface area contributed by atoms with E-state index in [4.69, 9.17) is 0 Å². The Bertz CT molecular complexity index is 593. The zero-order valence-corrected chi connectivity index (χ0v) is 13.5. The number of hydrogen-bond donors (Lipinski definition) is 2. The van der Waals surface area contributed by atoms with Crippen molar-refractivity contribution in [2.45, 2.75) is 32.7 Å². The van der Waals surface area contributed by atoms with E-state index in [-0.39, 0.29) is 0 Å². The molecular formula is C15H23N5S. The number of anilines is 2. The second-order valence-corrected chi connectivity index (χ2v) is 6.25. The molecule has 0 atom stereocenters. The highest BCUT2D eigenvalue weighted by atomic mass is 32.1. The van der Waals surface area contributed by atoms with Gasteiger partial charge < -0.3 is 10.6 Å². The first-order chi connectivity index (χ1) is 10.3. The lowest BCUT2D eigenvalue weighted by atomic mass is 10.3. The maximum absolute atomic E-state index is 4.60. The van der Waals surface area contributed by atoms with Gasteiger partial charge in [-0.1, -0.05) is 6.92 Å². The second-order valence-electron chi connectivity index (χ2n) is 5.35. The van der Waals surface area contributed by atoms with Gasteiger partial charge in [0.05, 0.1) is 5.39 Å². The van der Waals surface area contributed by atoms with Gasteiger partial charge in [-0.25, -0.2) is 4.98 Å². The zero-order chi connectivity index (χ0) is 14.7. The third-order valence-corrected chi connectivity index (χ3v) is 4.63. The first-order valence-electron chi connectivity index (χ1n) is 7.78. The monoisotopic (exact) mass is 305 g/mol. The number of fused-ring (bicyclic) bond motifs is 1. The summed E-state index contributed by atoms with van der Waals surface area (Å²) in [6.45, 7) is 8.27. The molecule has 0 radical (unpaired) electrons. The molecule has 0 saturated heterocycles. The molecule has 0 spiro atoms. The molecule has 0 aromatic carbocycles. The van der Waals surface area contributed by atoms with Crippen molar-refractivity contribution >= 4 is 33.3 Å². The van der Waals surface area contributed by atoms with Crippen LogP contribution >= 0.6 is 11.3 Å². The fourth-order valence-electron chi connectivity index (χ4n) is 2.58. The fourth-order valence-corrected chi connectivity index (χ4v) is 3.35. The van der Waals surface area contributed by atoms with Gasteiger partial charge in [0.1, 0.15) is 10.6 Å². The van der Waals surface area contributed by atoms with E-state index >= 15 is 0 Å². The normalized spacial score (nSPS) is 14.8. The van der Waals surface area contributed by atoms with E-state index in [0.717, 1.165) is 48.3 Å². The Kier molecular flexibility index (Phi) is 4.55. The molecule has 5 nitrogen and oxygen atoms in total. The highest BCUT2D eigenvalue weighted by Crippen LogP contribution is 2.27. The van der Waals surface area contributed by atoms with Crippen molar-refractivity contribution in [2.75, 3.05) is 36.8 Å². The molecule has 0 aliphatic heterocycles. The zero-order valence-electron chi connectivity index (χ0n) is 12.7. The largest absolute Gasteiger partial charge is 0.368 e. The fraction of sp³-hybridized carbons (Fsp3) is 0.600. The van der Waals surface area contributed by atoms with Crippen LogP contribution in [0.5, 0.6) is 0 Å². The molecular weight excluding hydrogens is 282 g/mol. The van der Waals surface area contributed by atoms with Crippen molar-refractivity contribution in [3.8, 4) is 0 Å². The molecule has 1 aliphatic rings. The number of aromatic nitrogens is 2. The van der Waals surface area contributed by atoms with E-state index in [1.165, 1.54) is 12.8 Å². The Hall–Kier alpha value is -1.40. The highest BCUT2D eigenvalue weighted by molar-refractivity contribution is 7.16. The average molecular weight is 305 g/mol. The van der Waals surface area contributed by atoms with Crippen molar-refractivity contribution in [1.82, 2.24) is 14.9 Å². The quantitative estimate of drug-likeness (QED) is 0.785. The molecule has 0 unspecified atom stereocenters. The minimum Gasteiger partial charge on any atom is -0.368 e. The van der Waals surface area contributed by atoms with Crippen LogP contribution in [0.1, 0.15) is 26.7 Å². The smallest absolute Gasteiger partial charge is 0.226 e. The topological polar surface area (TPSA) is 53.1 Å². The first kappa shape index (κ1) is 14.5. The molecule has 1 fully saturated rings. The maximum atomic E-state index is 4.60. The van der Waals surface area contributed by atoms with Gasteiger partial charge in [-0.05, 0) is 37.8 Å². The minimum atomic E-state index is 0.712. The molecule has 3 rings (SSSR count). The van der Waals surface area contributed by atoms with Crippen LogP contribution in [0.4, 0.5) is 11.8 Å². The van der Waals surface area contributed by atoms with Gasteiger partial charge in [0.25, 0.3) is 0 Å². The van der Waals surface area contributed by atoms with Crippen LogP contribution in [0, 0.1) is 0 Å². The molecule has 0 bridgehead atoms. The van der Waals surface area contributed by atoms with Crippen LogP contribution in [-0.2, 0) is 0 Å². The molecule has 2 N–H and O–H groups in total. The van der Waals surface area contributed by atoms with E-state index in [9.17, 15) is 0 Å². The molecule has 2 aromatic heterocycles. The Morgan fingerprint density at radius 1 is 1.29 bits per heavy atom. The Balaban J connectivity index is 1.68. The third kappa shape index (κ3) is 3.44. The summed E-state index contributed by atoms with van der Waals surface area (Å²) in [4.78, 5) is 12.7. The number of nitrogens with zero attached hydrogens (tertiary/aromatic N) is 3. The van der Waals surface area contributed by atoms with E-state index in [1.54, 1.807) is 11.3 Å². The summed E-state index contributed by atoms with van der Waals surface area (Å²) >= 11 is 1.66. The second kappa shape index (κ2) is 6.58. The summed E-state index contributed by atoms with van der Waals surface area (Å²) < 4.78 is 0. The molecule has 114 valence electrons. The summed E-state index contributed by atoms with van der Waals surface area (Å²) in [6.07, 6.45) is 2.72. The van der Waals surface area contributed by atoms with E-state index in [2.05, 4.69) is 50.8 Å². The van der Waals surface area contributed by atoms with Gasteiger partial charge in [0, 0.05) is 25.7 Å². The average Bonchev–Trinajstić information content (AvgIpc) is 3.21. The molecule has 1 aliphatic carbocycles. The summed E-state index contributed by atoms with van der Waals surface area (Å²) in [5.41, 5.74) is 0. The Labute approximate surface area is 129 Å². The van der Waals surface area contributed by atoms with Gasteiger partial charge >= 0.3 is 0 Å². The van der Waals surface area contributed by atoms with Crippen molar-refractivity contribution in [2.24, 2.45) is 0 Å². The van der Waals surface area contributed by atoms with Crippen LogP contribution in [0.15, 0.2) is 11.4 Å². The van der Waals surface area contributed by atoms with Crippen LogP contribution < -0.4 is 10.6 Å². The van der Waals surface area contributed by atoms with E-state index in [0.29, 0.717) is 5.95 Å². The molecule has 21 heavy (non-hydrogen) atoms. The van der Waals surface area contributed by atoms with Gasteiger partial charge in [0.15, 0.2) is 0 Å². The van der Waals surface area contributed by atoms with Crippen molar-refractivity contribution in [3.63, 3.8) is 0 Å². The van der Waals surface area contributed by atoms with Crippen molar-refractivity contribution in [3.05, 3.63) is 11.4 Å². The van der Waals surface area contributed by atoms with Gasteiger partial charge in [-0.3, -0.25) is 4.90 Å². The SMILES string of the molecule is CCNc1nc(NCCN(CC)C2CC2)c2ccsc2n1. The standard InChI is InChI=1S/C15H23N5S/c1-3-16-15-18-13(12-7-10-21-14(12)19-15)17-8-9-20(4-2)11-5-6-11/h7,10-11H,3-6,8-9H2,1-2H3,(H2,16,17,18,19). The minimum absolute atomic E-state index is 0.712. The lowest BCUT2D eigenvalue weighted by molar-refractivity contribution is 0.289. The summed E-state index contributed by atoms with van der Waals surface area (Å²) in [5, 5.41) is 9.89. The maximum Gasteiger partial charge on any atom is 0.226 e. The highest BCUT2D eigenvalue weighted by Gasteiger charge is 2.27. The lowest BCUT2D eigenvalue weighted by Crippen LogP contribution is -2.31. The van der Waals surface area contributed by atoms with E-state index < -0.39 is 0 Å². The number of rotatable bonds is 8. The number of likely N-dealkylation sites (N-methyl/N-ethyl adjacent to an activating group) is 1. The van der Waals surface area contributed by atoms with Gasteiger partial charge in [-0.2, -0.15) is 4.98 Å². The molecule has 6 heteroatoms. The lowest BCUT2D eigenvalue weighted by Gasteiger charge is -2.20. The molecule has 0 amide bonds. The summed E-state index contributed by atoms with van der Waals surface area (Å²) in [7, 11) is 0. The Morgan fingerprint density at radius 2 is 2.14 bits per heavy atom. The predicted molar refractivity (Wildman–Crippen MR) is 90.3 cm³/mol. The third-order valence-electron chi connectivity index (χ3n) is 3.82. The van der Waals surface area contributed by atoms with Gasteiger partial charge in [0.2, 0.25) is 5.95 Å². The summed E-state index contributed by atoms with van der Waals surface area (Å²) in [5.74, 6) is 1.66. The number of thiophene rings is 1. The Morgan fingerprint density at radius 3 is 2.86 bits per heavy atom. The van der Waals surface area contributed by atoms with Crippen molar-refractivity contribution in [1.29, 1.82) is 0 Å². The molecule has 2 aromatic rings. The van der Waals surface area contributed by atoms with Crippen LogP contribution in [0.3, 0.4) is 0 Å². The van der Waals surface area contributed by atoms with Crippen LogP contribution in [-0.4, -0.2) is 47.1 Å². The van der Waals surface area contributed by atoms with Crippen LogP contribution in [0.2, 0.25) is 0 Å². The van der Waals surface area contributed by atoms with Crippen LogP contribution in [0.25, 0.3) is 10.2 Å². The van der Waals surface area contributed by atoms with Gasteiger partial charge in [-0.15, -0.1) is 11.3 Å². The number of nitrogens with one attached hydrogen (secondary N) is 2. The van der Waals surface area contributed by atoms with E-state index in [1.807, 2.05) is 0 Å². The first-order valence-corrected chi connectivity index (χ1v) is 8.66. The molecule has 2 heterocycles. The van der Waals surface area contributed by atoms with Crippen molar-refractivity contribution < 1.29 is 0 Å². The predicted octanol–water partition coefficient (Wildman–Crippen LogP) is 3.02. The number of hydrogen-bond acceptors (Lipinski definition) is 6. The molecule has 1 saturated carbocycles. The summed E-state index contributed by atoms with van der Waals surface area (Å²) in [6, 6.07) is 2.91.